The number of rotatable bonds is 0. The number of hydrogen-bond donors (Lipinski definition) is 0. The van der Waals surface area contributed by atoms with Crippen LogP contribution in [0.4, 0.5) is 0 Å². The van der Waals surface area contributed by atoms with Gasteiger partial charge in [-0.1, -0.05) is 48.5 Å². The molecule has 0 nitrogen and oxygen atoms in total. The van der Waals surface area contributed by atoms with Crippen LogP contribution in [0.5, 0.6) is 0 Å². The first kappa shape index (κ1) is 12.8. The van der Waals surface area contributed by atoms with Crippen molar-refractivity contribution >= 4 is 39.5 Å². The minimum absolute atomic E-state index is 0. The van der Waals surface area contributed by atoms with Gasteiger partial charge in [0.05, 0.1) is 0 Å². The predicted octanol–water partition coefficient (Wildman–Crippen LogP) is 3.69. The summed E-state index contributed by atoms with van der Waals surface area (Å²) in [4.78, 5) is 0. The van der Waals surface area contributed by atoms with E-state index >= 15 is 0 Å². The Labute approximate surface area is 125 Å². The van der Waals surface area contributed by atoms with Gasteiger partial charge in [-0.25, -0.2) is 0 Å². The Morgan fingerprint density at radius 2 is 1.42 bits per heavy atom. The summed E-state index contributed by atoms with van der Waals surface area (Å²) in [6.07, 6.45) is 5.22. The van der Waals surface area contributed by atoms with Gasteiger partial charge in [-0.2, -0.15) is 0 Å². The smallest absolute Gasteiger partial charge is 0.0102 e. The molecule has 3 aromatic rings. The average molecular weight is 310 g/mol. The second-order valence-electron chi connectivity index (χ2n) is 5.29. The van der Waals surface area contributed by atoms with Crippen LogP contribution in [-0.2, 0) is 12.8 Å². The fraction of sp³-hybridized carbons (Fsp3) is 0.222. The Kier molecular flexibility index (Phi) is 3.37. The van der Waals surface area contributed by atoms with Crippen LogP contribution < -0.4 is 0 Å². The normalized spacial score (nSPS) is 14.1. The Bertz CT molecular complexity index is 743. The fourth-order valence-corrected chi connectivity index (χ4v) is 3.34. The van der Waals surface area contributed by atoms with E-state index in [-0.39, 0.29) is 18.0 Å². The van der Waals surface area contributed by atoms with Crippen LogP contribution in [0.2, 0.25) is 0 Å². The van der Waals surface area contributed by atoms with Crippen LogP contribution in [-0.4, -0.2) is 18.0 Å². The molecule has 0 heterocycles. The van der Waals surface area contributed by atoms with Crippen molar-refractivity contribution in [2.45, 2.75) is 25.7 Å². The van der Waals surface area contributed by atoms with E-state index in [0.29, 0.717) is 0 Å². The van der Waals surface area contributed by atoms with Crippen LogP contribution in [0, 0.1) is 0 Å². The summed E-state index contributed by atoms with van der Waals surface area (Å²) >= 11 is 0. The standard InChI is InChI=1S/C18H16.AsH3/c1-3-7-15-13(5-1)9-11-18-16-8-4-2-6-14(16)10-12-17(15)18;/h1,3,5,7,9-12H,2,4,6,8H2;1H3. The first-order valence-corrected chi connectivity index (χ1v) is 6.86. The molecule has 0 aliphatic heterocycles. The van der Waals surface area contributed by atoms with Crippen LogP contribution in [0.3, 0.4) is 0 Å². The molecule has 1 atom stereocenters. The molecule has 4 rings (SSSR count). The molecule has 3 aromatic carbocycles. The first-order valence-electron chi connectivity index (χ1n) is 6.86. The van der Waals surface area contributed by atoms with E-state index in [0.717, 1.165) is 0 Å². The van der Waals surface area contributed by atoms with Crippen molar-refractivity contribution in [2.75, 3.05) is 0 Å². The number of hydrogen-bond acceptors (Lipinski definition) is 0. The molecule has 1 unspecified atom stereocenters. The van der Waals surface area contributed by atoms with Gasteiger partial charge in [-0.15, -0.1) is 0 Å². The third kappa shape index (κ3) is 1.99. The molecule has 0 amide bonds. The van der Waals surface area contributed by atoms with E-state index < -0.39 is 0 Å². The Morgan fingerprint density at radius 1 is 0.632 bits per heavy atom. The molecular weight excluding hydrogens is 291 g/mol. The Morgan fingerprint density at radius 3 is 2.37 bits per heavy atom. The largest absolute Gasteiger partial charge is 0.0616 e. The van der Waals surface area contributed by atoms with Crippen LogP contribution in [0.15, 0.2) is 48.5 Å². The predicted molar refractivity (Wildman–Crippen MR) is 88.0 cm³/mol. The first-order chi connectivity index (χ1) is 8.93. The summed E-state index contributed by atoms with van der Waals surface area (Å²) in [6, 6.07) is 18.0. The van der Waals surface area contributed by atoms with Crippen molar-refractivity contribution in [3.05, 3.63) is 59.7 Å². The van der Waals surface area contributed by atoms with Gasteiger partial charge >= 0.3 is 18.0 Å². The fourth-order valence-electron chi connectivity index (χ4n) is 3.34. The zero-order valence-corrected chi connectivity index (χ0v) is 14.1. The maximum absolute atomic E-state index is 2.35. The van der Waals surface area contributed by atoms with Crippen molar-refractivity contribution < 1.29 is 0 Å². The minimum Gasteiger partial charge on any atom is -0.0616 e. The monoisotopic (exact) mass is 310 g/mol. The summed E-state index contributed by atoms with van der Waals surface area (Å²) in [7, 11) is 0. The minimum atomic E-state index is 0. The van der Waals surface area contributed by atoms with Crippen molar-refractivity contribution in [2.24, 2.45) is 0 Å². The van der Waals surface area contributed by atoms with Crippen molar-refractivity contribution in [3.63, 3.8) is 0 Å². The second kappa shape index (κ2) is 5.02. The van der Waals surface area contributed by atoms with Crippen molar-refractivity contribution in [1.29, 1.82) is 0 Å². The topological polar surface area (TPSA) is 0 Å². The molecule has 0 saturated heterocycles. The molecule has 0 bridgehead atoms. The molecule has 19 heavy (non-hydrogen) atoms. The van der Waals surface area contributed by atoms with E-state index in [1.54, 1.807) is 11.1 Å². The SMILES string of the molecule is [AsH3].c1ccc2c(c1)ccc1c3c(ccc12)CCCC3. The molecule has 0 saturated carbocycles. The second-order valence-corrected chi connectivity index (χ2v) is 5.29. The number of benzene rings is 3. The van der Waals surface area contributed by atoms with Gasteiger partial charge < -0.3 is 0 Å². The average Bonchev–Trinajstić information content (AvgIpc) is 2.46. The Balaban J connectivity index is 0.00000110. The molecular formula is C18H19As. The van der Waals surface area contributed by atoms with E-state index in [4.69, 9.17) is 0 Å². The molecule has 0 radical (unpaired) electrons. The van der Waals surface area contributed by atoms with E-state index in [1.807, 2.05) is 0 Å². The molecule has 0 N–H and O–H groups in total. The Hall–Kier alpha value is -1.26. The van der Waals surface area contributed by atoms with Gasteiger partial charge in [0, 0.05) is 0 Å². The summed E-state index contributed by atoms with van der Waals surface area (Å²) in [6.45, 7) is 0. The molecule has 0 fully saturated rings. The van der Waals surface area contributed by atoms with Gasteiger partial charge in [-0.3, -0.25) is 0 Å². The zero-order valence-electron chi connectivity index (χ0n) is 11.2. The van der Waals surface area contributed by atoms with Gasteiger partial charge in [-0.05, 0) is 58.4 Å². The summed E-state index contributed by atoms with van der Waals surface area (Å²) < 4.78 is 0. The number of aryl methyl sites for hydroxylation is 2. The van der Waals surface area contributed by atoms with E-state index in [2.05, 4.69) is 48.5 Å². The van der Waals surface area contributed by atoms with Crippen LogP contribution in [0.1, 0.15) is 24.0 Å². The number of fused-ring (bicyclic) bond motifs is 5. The third-order valence-electron chi connectivity index (χ3n) is 4.26. The van der Waals surface area contributed by atoms with E-state index in [9.17, 15) is 0 Å². The molecule has 1 heteroatoms. The quantitative estimate of drug-likeness (QED) is 0.439. The molecule has 0 aromatic heterocycles. The van der Waals surface area contributed by atoms with Crippen molar-refractivity contribution in [1.82, 2.24) is 0 Å². The third-order valence-corrected chi connectivity index (χ3v) is 4.26. The van der Waals surface area contributed by atoms with Gasteiger partial charge in [0.25, 0.3) is 0 Å². The van der Waals surface area contributed by atoms with Crippen LogP contribution >= 0.6 is 0 Å². The molecule has 96 valence electrons. The van der Waals surface area contributed by atoms with Gasteiger partial charge in [0.2, 0.25) is 0 Å². The molecule has 1 aliphatic rings. The summed E-state index contributed by atoms with van der Waals surface area (Å²) in [5.41, 5.74) is 3.17. The van der Waals surface area contributed by atoms with Crippen LogP contribution in [0.25, 0.3) is 21.5 Å². The zero-order chi connectivity index (χ0) is 11.9. The summed E-state index contributed by atoms with van der Waals surface area (Å²) in [5, 5.41) is 5.64. The summed E-state index contributed by atoms with van der Waals surface area (Å²) in [5.74, 6) is 0. The van der Waals surface area contributed by atoms with Gasteiger partial charge in [0.15, 0.2) is 0 Å². The van der Waals surface area contributed by atoms with Crippen molar-refractivity contribution in [3.8, 4) is 0 Å². The molecule has 0 spiro atoms. The van der Waals surface area contributed by atoms with E-state index in [1.165, 1.54) is 47.2 Å². The van der Waals surface area contributed by atoms with Gasteiger partial charge in [0.1, 0.15) is 0 Å². The maximum atomic E-state index is 2.35. The molecule has 1 aliphatic carbocycles. The maximum Gasteiger partial charge on any atom is -0.0102 e.